The van der Waals surface area contributed by atoms with Crippen LogP contribution < -0.4 is 10.1 Å². The lowest BCUT2D eigenvalue weighted by atomic mass is 10.1. The topological polar surface area (TPSA) is 58.6 Å². The molecule has 0 spiro atoms. The monoisotopic (exact) mass is 368 g/mol. The van der Waals surface area contributed by atoms with Crippen LogP contribution in [0.4, 0.5) is 0 Å². The molecule has 27 heavy (non-hydrogen) atoms. The third-order valence-electron chi connectivity index (χ3n) is 4.52. The third-order valence-corrected chi connectivity index (χ3v) is 4.52. The van der Waals surface area contributed by atoms with Gasteiger partial charge in [-0.25, -0.2) is 0 Å². The number of hydrogen-bond acceptors (Lipinski definition) is 3. The van der Waals surface area contributed by atoms with Gasteiger partial charge in [0.05, 0.1) is 0 Å². The largest absolute Gasteiger partial charge is 0.484 e. The molecule has 2 rings (SSSR count). The highest BCUT2D eigenvalue weighted by molar-refractivity contribution is 5.88. The molecule has 1 N–H and O–H groups in total. The SMILES string of the molecule is CCc1ccc(OCC(=O)N(Cc2ccccc2)[C@H](CC)C(=O)NC)cc1. The minimum Gasteiger partial charge on any atom is -0.484 e. The Kier molecular flexibility index (Phi) is 7.86. The Morgan fingerprint density at radius 2 is 1.67 bits per heavy atom. The molecule has 2 amide bonds. The molecule has 5 heteroatoms. The maximum absolute atomic E-state index is 12.9. The van der Waals surface area contributed by atoms with Crippen molar-refractivity contribution in [1.82, 2.24) is 10.2 Å². The maximum Gasteiger partial charge on any atom is 0.261 e. The molecule has 0 saturated heterocycles. The van der Waals surface area contributed by atoms with E-state index in [1.54, 1.807) is 11.9 Å². The first-order chi connectivity index (χ1) is 13.1. The minimum atomic E-state index is -0.534. The Bertz CT molecular complexity index is 729. The highest BCUT2D eigenvalue weighted by atomic mass is 16.5. The summed E-state index contributed by atoms with van der Waals surface area (Å²) in [7, 11) is 1.59. The van der Waals surface area contributed by atoms with Crippen LogP contribution in [0.2, 0.25) is 0 Å². The van der Waals surface area contributed by atoms with Crippen LogP contribution in [0.1, 0.15) is 31.4 Å². The lowest BCUT2D eigenvalue weighted by Gasteiger charge is -2.30. The van der Waals surface area contributed by atoms with Crippen LogP contribution in [-0.2, 0) is 22.6 Å². The van der Waals surface area contributed by atoms with Crippen molar-refractivity contribution in [3.05, 3.63) is 65.7 Å². The van der Waals surface area contributed by atoms with Gasteiger partial charge in [-0.3, -0.25) is 9.59 Å². The van der Waals surface area contributed by atoms with Crippen molar-refractivity contribution in [3.8, 4) is 5.75 Å². The number of amides is 2. The lowest BCUT2D eigenvalue weighted by Crippen LogP contribution is -2.49. The van der Waals surface area contributed by atoms with Crippen LogP contribution in [0.5, 0.6) is 5.75 Å². The Hall–Kier alpha value is -2.82. The van der Waals surface area contributed by atoms with Gasteiger partial charge in [-0.1, -0.05) is 56.3 Å². The zero-order valence-electron chi connectivity index (χ0n) is 16.3. The quantitative estimate of drug-likeness (QED) is 0.740. The van der Waals surface area contributed by atoms with Crippen LogP contribution in [0, 0.1) is 0 Å². The molecule has 2 aromatic carbocycles. The van der Waals surface area contributed by atoms with Crippen molar-refractivity contribution in [2.75, 3.05) is 13.7 Å². The highest BCUT2D eigenvalue weighted by Crippen LogP contribution is 2.15. The molecule has 0 fully saturated rings. The first-order valence-electron chi connectivity index (χ1n) is 9.35. The van der Waals surface area contributed by atoms with Crippen molar-refractivity contribution in [3.63, 3.8) is 0 Å². The van der Waals surface area contributed by atoms with E-state index in [1.807, 2.05) is 61.5 Å². The molecule has 0 aliphatic heterocycles. The average molecular weight is 368 g/mol. The molecule has 0 aromatic heterocycles. The summed E-state index contributed by atoms with van der Waals surface area (Å²) in [6.07, 6.45) is 1.48. The molecule has 0 aliphatic carbocycles. The fourth-order valence-corrected chi connectivity index (χ4v) is 2.92. The molecule has 0 saturated carbocycles. The number of carbonyl (C=O) groups is 2. The maximum atomic E-state index is 12.9. The molecular formula is C22H28N2O3. The van der Waals surface area contributed by atoms with E-state index >= 15 is 0 Å². The van der Waals surface area contributed by atoms with Crippen molar-refractivity contribution in [2.45, 2.75) is 39.3 Å². The standard InChI is InChI=1S/C22H28N2O3/c1-4-17-11-13-19(14-12-17)27-16-21(25)24(20(5-2)22(26)23-3)15-18-9-7-6-8-10-18/h6-14,20H,4-5,15-16H2,1-3H3,(H,23,26)/t20-/m1/s1. The van der Waals surface area contributed by atoms with E-state index in [9.17, 15) is 9.59 Å². The average Bonchev–Trinajstić information content (AvgIpc) is 2.72. The van der Waals surface area contributed by atoms with Gasteiger partial charge in [-0.2, -0.15) is 0 Å². The molecule has 0 heterocycles. The Morgan fingerprint density at radius 3 is 2.22 bits per heavy atom. The van der Waals surface area contributed by atoms with Gasteiger partial charge in [0.1, 0.15) is 11.8 Å². The number of rotatable bonds is 9. The first kappa shape index (κ1) is 20.5. The van der Waals surface area contributed by atoms with Gasteiger partial charge in [0.25, 0.3) is 5.91 Å². The number of nitrogens with one attached hydrogen (secondary N) is 1. The van der Waals surface area contributed by atoms with Crippen LogP contribution in [0.15, 0.2) is 54.6 Å². The Morgan fingerprint density at radius 1 is 1.00 bits per heavy atom. The molecule has 0 radical (unpaired) electrons. The van der Waals surface area contributed by atoms with E-state index in [0.29, 0.717) is 18.7 Å². The zero-order chi connectivity index (χ0) is 19.6. The summed E-state index contributed by atoms with van der Waals surface area (Å²) in [4.78, 5) is 26.8. The number of hydrogen-bond donors (Lipinski definition) is 1. The van der Waals surface area contributed by atoms with E-state index in [4.69, 9.17) is 4.74 Å². The normalized spacial score (nSPS) is 11.5. The van der Waals surface area contributed by atoms with Crippen LogP contribution >= 0.6 is 0 Å². The van der Waals surface area contributed by atoms with Crippen molar-refractivity contribution >= 4 is 11.8 Å². The molecule has 0 aliphatic rings. The summed E-state index contributed by atoms with van der Waals surface area (Å²) in [5, 5.41) is 2.65. The molecule has 144 valence electrons. The number of nitrogens with zero attached hydrogens (tertiary/aromatic N) is 1. The van der Waals surface area contributed by atoms with Gasteiger partial charge >= 0.3 is 0 Å². The zero-order valence-corrected chi connectivity index (χ0v) is 16.3. The number of aryl methyl sites for hydroxylation is 1. The predicted molar refractivity (Wildman–Crippen MR) is 106 cm³/mol. The molecule has 5 nitrogen and oxygen atoms in total. The van der Waals surface area contributed by atoms with Crippen LogP contribution in [0.3, 0.4) is 0 Å². The van der Waals surface area contributed by atoms with Crippen LogP contribution in [-0.4, -0.2) is 36.4 Å². The van der Waals surface area contributed by atoms with Gasteiger partial charge in [-0.15, -0.1) is 0 Å². The second kappa shape index (κ2) is 10.4. The molecule has 1 atom stereocenters. The smallest absolute Gasteiger partial charge is 0.261 e. The van der Waals surface area contributed by atoms with Gasteiger partial charge in [0.2, 0.25) is 5.91 Å². The van der Waals surface area contributed by atoms with Gasteiger partial charge in [-0.05, 0) is 36.1 Å². The number of benzene rings is 2. The number of ether oxygens (including phenoxy) is 1. The van der Waals surface area contributed by atoms with Gasteiger partial charge in [0.15, 0.2) is 6.61 Å². The summed E-state index contributed by atoms with van der Waals surface area (Å²) in [6.45, 7) is 4.25. The third kappa shape index (κ3) is 5.84. The summed E-state index contributed by atoms with van der Waals surface area (Å²) in [5.41, 5.74) is 2.19. The van der Waals surface area contributed by atoms with E-state index in [1.165, 1.54) is 5.56 Å². The second-order valence-corrected chi connectivity index (χ2v) is 6.33. The van der Waals surface area contributed by atoms with E-state index < -0.39 is 6.04 Å². The molecule has 2 aromatic rings. The summed E-state index contributed by atoms with van der Waals surface area (Å²) < 4.78 is 5.67. The fraction of sp³-hybridized carbons (Fsp3) is 0.364. The molecule has 0 unspecified atom stereocenters. The molecule has 0 bridgehead atoms. The number of carbonyl (C=O) groups excluding carboxylic acids is 2. The summed E-state index contributed by atoms with van der Waals surface area (Å²) >= 11 is 0. The van der Waals surface area contributed by atoms with Gasteiger partial charge in [0, 0.05) is 13.6 Å². The van der Waals surface area contributed by atoms with Crippen molar-refractivity contribution in [1.29, 1.82) is 0 Å². The Balaban J connectivity index is 2.12. The summed E-state index contributed by atoms with van der Waals surface area (Å²) in [6, 6.07) is 16.8. The Labute approximate surface area is 161 Å². The van der Waals surface area contributed by atoms with E-state index in [0.717, 1.165) is 12.0 Å². The van der Waals surface area contributed by atoms with Gasteiger partial charge < -0.3 is 15.0 Å². The van der Waals surface area contributed by atoms with Crippen LogP contribution in [0.25, 0.3) is 0 Å². The fourth-order valence-electron chi connectivity index (χ4n) is 2.92. The van der Waals surface area contributed by atoms with Crippen molar-refractivity contribution < 1.29 is 14.3 Å². The van der Waals surface area contributed by atoms with Crippen molar-refractivity contribution in [2.24, 2.45) is 0 Å². The highest BCUT2D eigenvalue weighted by Gasteiger charge is 2.28. The van der Waals surface area contributed by atoms with E-state index in [-0.39, 0.29) is 18.4 Å². The lowest BCUT2D eigenvalue weighted by molar-refractivity contribution is -0.142. The molecular weight excluding hydrogens is 340 g/mol. The number of likely N-dealkylation sites (N-methyl/N-ethyl adjacent to an activating group) is 1. The van der Waals surface area contributed by atoms with E-state index in [2.05, 4.69) is 12.2 Å². The predicted octanol–water partition coefficient (Wildman–Crippen LogP) is 3.18. The summed E-state index contributed by atoms with van der Waals surface area (Å²) in [5.74, 6) is 0.260. The minimum absolute atomic E-state index is 0.105. The second-order valence-electron chi connectivity index (χ2n) is 6.33. The first-order valence-corrected chi connectivity index (χ1v) is 9.35.